The first-order chi connectivity index (χ1) is 13.0. The number of sulfone groups is 1. The molecule has 0 bridgehead atoms. The van der Waals surface area contributed by atoms with Gasteiger partial charge in [-0.15, -0.1) is 0 Å². The van der Waals surface area contributed by atoms with Crippen molar-refractivity contribution in [3.63, 3.8) is 0 Å². The molecule has 4 rings (SSSR count). The molecule has 1 amide bonds. The summed E-state index contributed by atoms with van der Waals surface area (Å²) < 4.78 is 23.3. The molecule has 0 unspecified atom stereocenters. The normalized spacial score (nSPS) is 27.0. The molecule has 2 atom stereocenters. The first kappa shape index (κ1) is 18.8. The van der Waals surface area contributed by atoms with Crippen LogP contribution in [-0.4, -0.2) is 60.3 Å². The molecule has 146 valence electrons. The fraction of sp³-hybridized carbons (Fsp3) is 0.579. The monoisotopic (exact) mass is 407 g/mol. The first-order valence-electron chi connectivity index (χ1n) is 9.57. The number of thioether (sulfide) groups is 1. The minimum absolute atomic E-state index is 0.0445. The van der Waals surface area contributed by atoms with Crippen LogP contribution in [0.25, 0.3) is 0 Å². The van der Waals surface area contributed by atoms with Gasteiger partial charge in [0.25, 0.3) is 0 Å². The summed E-state index contributed by atoms with van der Waals surface area (Å²) in [5.41, 5.74) is 1.92. The number of anilines is 1. The van der Waals surface area contributed by atoms with Crippen molar-refractivity contribution in [2.75, 3.05) is 29.9 Å². The van der Waals surface area contributed by atoms with E-state index in [1.807, 2.05) is 29.2 Å². The van der Waals surface area contributed by atoms with Crippen LogP contribution in [-0.2, 0) is 21.1 Å². The van der Waals surface area contributed by atoms with Gasteiger partial charge in [0.05, 0.1) is 24.0 Å². The van der Waals surface area contributed by atoms with Crippen molar-refractivity contribution in [1.82, 2.24) is 4.90 Å². The average Bonchev–Trinajstić information content (AvgIpc) is 2.97. The zero-order valence-corrected chi connectivity index (χ0v) is 16.9. The van der Waals surface area contributed by atoms with Gasteiger partial charge in [-0.05, 0) is 30.5 Å². The molecule has 2 fully saturated rings. The maximum absolute atomic E-state index is 12.5. The number of likely N-dealkylation sites (tertiary alicyclic amines) is 1. The Balaban J connectivity index is 1.32. The minimum Gasteiger partial charge on any atom is -0.342 e. The topological polar surface area (TPSA) is 78.8 Å². The van der Waals surface area contributed by atoms with Crippen LogP contribution in [0.1, 0.15) is 31.2 Å². The van der Waals surface area contributed by atoms with E-state index in [1.54, 1.807) is 0 Å². The predicted octanol–water partition coefficient (Wildman–Crippen LogP) is 2.31. The van der Waals surface area contributed by atoms with E-state index in [9.17, 15) is 13.2 Å². The van der Waals surface area contributed by atoms with Gasteiger partial charge >= 0.3 is 0 Å². The highest BCUT2D eigenvalue weighted by Gasteiger charge is 2.42. The Bertz CT molecular complexity index is 828. The highest BCUT2D eigenvalue weighted by atomic mass is 32.2. The number of carbonyl (C=O) groups excluding carboxylic acids is 1. The number of carbonyl (C=O) groups is 1. The van der Waals surface area contributed by atoms with E-state index in [2.05, 4.69) is 10.3 Å². The van der Waals surface area contributed by atoms with Crippen molar-refractivity contribution >= 4 is 38.4 Å². The third-order valence-electron chi connectivity index (χ3n) is 5.34. The van der Waals surface area contributed by atoms with Gasteiger partial charge < -0.3 is 10.2 Å². The number of amidine groups is 1. The van der Waals surface area contributed by atoms with Gasteiger partial charge in [-0.2, -0.15) is 0 Å². The summed E-state index contributed by atoms with van der Waals surface area (Å²) in [5, 5.41) is 4.10. The van der Waals surface area contributed by atoms with Crippen LogP contribution in [0.15, 0.2) is 29.3 Å². The molecule has 1 N–H and O–H groups in total. The molecule has 3 heterocycles. The first-order valence-corrected chi connectivity index (χ1v) is 12.3. The largest absolute Gasteiger partial charge is 0.342 e. The molecule has 0 radical (unpaired) electrons. The molecular formula is C19H25N3O3S2. The Morgan fingerprint density at radius 2 is 1.81 bits per heavy atom. The van der Waals surface area contributed by atoms with Crippen LogP contribution in [0.3, 0.4) is 0 Å². The summed E-state index contributed by atoms with van der Waals surface area (Å²) in [6.07, 6.45) is 5.10. The second-order valence-corrected chi connectivity index (χ2v) is 10.9. The summed E-state index contributed by atoms with van der Waals surface area (Å²) in [5.74, 6) is 0.587. The van der Waals surface area contributed by atoms with Crippen molar-refractivity contribution in [2.24, 2.45) is 4.99 Å². The summed E-state index contributed by atoms with van der Waals surface area (Å²) >= 11 is 1.51. The van der Waals surface area contributed by atoms with Crippen molar-refractivity contribution in [1.29, 1.82) is 0 Å². The third-order valence-corrected chi connectivity index (χ3v) is 8.48. The Labute approximate surface area is 164 Å². The van der Waals surface area contributed by atoms with Gasteiger partial charge in [-0.25, -0.2) is 8.42 Å². The molecule has 8 heteroatoms. The SMILES string of the molecule is O=C(Cc1ccc(NC2=N[C@@H]3CS(=O)(=O)C[C@@H]3S2)cc1)N1CCCCCC1. The standard InChI is InChI=1S/C19H25N3O3S2/c23-18(22-9-3-1-2-4-10-22)11-14-5-7-15(8-6-14)20-19-21-16-12-27(24,25)13-17(16)26-19/h5-8,16-17H,1-4,9-13H2,(H,20,21)/t16-,17+/m1/s1. The van der Waals surface area contributed by atoms with E-state index in [1.165, 1.54) is 24.6 Å². The number of benzene rings is 1. The van der Waals surface area contributed by atoms with Crippen LogP contribution >= 0.6 is 11.8 Å². The maximum atomic E-state index is 12.5. The second-order valence-electron chi connectivity index (χ2n) is 7.53. The van der Waals surface area contributed by atoms with E-state index < -0.39 is 9.84 Å². The highest BCUT2D eigenvalue weighted by Crippen LogP contribution is 2.34. The summed E-state index contributed by atoms with van der Waals surface area (Å²) in [6, 6.07) is 7.75. The van der Waals surface area contributed by atoms with Crippen LogP contribution < -0.4 is 5.32 Å². The zero-order chi connectivity index (χ0) is 18.9. The fourth-order valence-electron chi connectivity index (χ4n) is 3.85. The van der Waals surface area contributed by atoms with E-state index >= 15 is 0 Å². The lowest BCUT2D eigenvalue weighted by Crippen LogP contribution is -2.33. The smallest absolute Gasteiger partial charge is 0.226 e. The van der Waals surface area contributed by atoms with Crippen molar-refractivity contribution in [3.8, 4) is 0 Å². The molecule has 1 aromatic carbocycles. The number of hydrogen-bond acceptors (Lipinski definition) is 6. The number of fused-ring (bicyclic) bond motifs is 1. The molecule has 27 heavy (non-hydrogen) atoms. The molecule has 0 aromatic heterocycles. The van der Waals surface area contributed by atoms with Crippen LogP contribution in [0.4, 0.5) is 5.69 Å². The van der Waals surface area contributed by atoms with Crippen molar-refractivity contribution in [2.45, 2.75) is 43.4 Å². The zero-order valence-electron chi connectivity index (χ0n) is 15.3. The Morgan fingerprint density at radius 1 is 1.11 bits per heavy atom. The predicted molar refractivity (Wildman–Crippen MR) is 110 cm³/mol. The molecular weight excluding hydrogens is 382 g/mol. The van der Waals surface area contributed by atoms with E-state index in [0.29, 0.717) is 6.42 Å². The van der Waals surface area contributed by atoms with Gasteiger partial charge in [0, 0.05) is 24.0 Å². The lowest BCUT2D eigenvalue weighted by atomic mass is 10.1. The Morgan fingerprint density at radius 3 is 2.48 bits per heavy atom. The third kappa shape index (κ3) is 4.66. The number of aliphatic imine (C=N–C) groups is 1. The van der Waals surface area contributed by atoms with Gasteiger partial charge in [0.2, 0.25) is 5.91 Å². The fourth-order valence-corrected chi connectivity index (χ4v) is 7.53. The van der Waals surface area contributed by atoms with Crippen molar-refractivity contribution < 1.29 is 13.2 Å². The lowest BCUT2D eigenvalue weighted by Gasteiger charge is -2.20. The van der Waals surface area contributed by atoms with Gasteiger partial charge in [-0.3, -0.25) is 9.79 Å². The minimum atomic E-state index is -2.92. The summed E-state index contributed by atoms with van der Waals surface area (Å²) in [6.45, 7) is 1.77. The molecule has 3 aliphatic heterocycles. The van der Waals surface area contributed by atoms with Crippen LogP contribution in [0, 0.1) is 0 Å². The van der Waals surface area contributed by atoms with E-state index in [-0.39, 0.29) is 28.7 Å². The number of nitrogens with one attached hydrogen (secondary N) is 1. The molecule has 0 saturated carbocycles. The Kier molecular flexibility index (Phi) is 5.45. The highest BCUT2D eigenvalue weighted by molar-refractivity contribution is 8.15. The molecule has 0 aliphatic carbocycles. The van der Waals surface area contributed by atoms with E-state index in [0.717, 1.165) is 42.3 Å². The average molecular weight is 408 g/mol. The summed E-state index contributed by atoms with van der Waals surface area (Å²) in [4.78, 5) is 19.0. The molecule has 6 nitrogen and oxygen atoms in total. The maximum Gasteiger partial charge on any atom is 0.226 e. The molecule has 3 aliphatic rings. The molecule has 0 spiro atoms. The van der Waals surface area contributed by atoms with Gasteiger partial charge in [-0.1, -0.05) is 36.7 Å². The van der Waals surface area contributed by atoms with Gasteiger partial charge in [0.15, 0.2) is 15.0 Å². The number of hydrogen-bond donors (Lipinski definition) is 1. The van der Waals surface area contributed by atoms with Gasteiger partial charge in [0.1, 0.15) is 0 Å². The van der Waals surface area contributed by atoms with Crippen LogP contribution in [0.5, 0.6) is 0 Å². The number of amides is 1. The number of rotatable bonds is 3. The molecule has 2 saturated heterocycles. The van der Waals surface area contributed by atoms with E-state index in [4.69, 9.17) is 0 Å². The number of nitrogens with zero attached hydrogens (tertiary/aromatic N) is 2. The van der Waals surface area contributed by atoms with Crippen LogP contribution in [0.2, 0.25) is 0 Å². The second kappa shape index (κ2) is 7.83. The summed E-state index contributed by atoms with van der Waals surface area (Å²) in [7, 11) is -2.92. The quantitative estimate of drug-likeness (QED) is 0.832. The van der Waals surface area contributed by atoms with Crippen molar-refractivity contribution in [3.05, 3.63) is 29.8 Å². The molecule has 1 aromatic rings. The Hall–Kier alpha value is -1.54. The lowest BCUT2D eigenvalue weighted by molar-refractivity contribution is -0.130.